The number of hydrogen-bond donors (Lipinski definition) is 1. The van der Waals surface area contributed by atoms with E-state index in [9.17, 15) is 4.79 Å². The van der Waals surface area contributed by atoms with Crippen LogP contribution in [0.5, 0.6) is 0 Å². The summed E-state index contributed by atoms with van der Waals surface area (Å²) < 4.78 is 0. The van der Waals surface area contributed by atoms with E-state index in [1.807, 2.05) is 18.4 Å². The molecule has 0 aromatic carbocycles. The van der Waals surface area contributed by atoms with Crippen molar-refractivity contribution in [3.8, 4) is 9.75 Å². The molecule has 1 saturated heterocycles. The Kier molecular flexibility index (Phi) is 3.11. The van der Waals surface area contributed by atoms with Crippen LogP contribution in [0.25, 0.3) is 9.75 Å². The topological polar surface area (TPSA) is 40.5 Å². The van der Waals surface area contributed by atoms with Crippen molar-refractivity contribution in [3.63, 3.8) is 0 Å². The number of aliphatic hydroxyl groups is 1. The molecule has 2 aromatic rings. The standard InChI is InChI=1S/C15H17NO2S2Si/c1-16(3-4-17)13-8-12-15(20-13)14-11(7-10(9-18)19-14)21(12)5-2-6-21/h7-9,17H,2-6H2,1H3. The van der Waals surface area contributed by atoms with Crippen molar-refractivity contribution >= 4 is 52.4 Å². The van der Waals surface area contributed by atoms with Gasteiger partial charge < -0.3 is 10.0 Å². The molecule has 21 heavy (non-hydrogen) atoms. The van der Waals surface area contributed by atoms with E-state index >= 15 is 0 Å². The Labute approximate surface area is 132 Å². The second kappa shape index (κ2) is 4.77. The predicted molar refractivity (Wildman–Crippen MR) is 92.6 cm³/mol. The van der Waals surface area contributed by atoms with Crippen LogP contribution in [-0.2, 0) is 0 Å². The van der Waals surface area contributed by atoms with Crippen molar-refractivity contribution < 1.29 is 9.90 Å². The number of carbonyl (C=O) groups is 1. The maximum absolute atomic E-state index is 11.1. The lowest BCUT2D eigenvalue weighted by molar-refractivity contribution is 0.112. The fourth-order valence-corrected chi connectivity index (χ4v) is 11.9. The fraction of sp³-hybridized carbons (Fsp3) is 0.400. The van der Waals surface area contributed by atoms with E-state index in [1.165, 1.54) is 38.5 Å². The Morgan fingerprint density at radius 2 is 2.00 bits per heavy atom. The Hall–Kier alpha value is -0.953. The van der Waals surface area contributed by atoms with Gasteiger partial charge in [0, 0.05) is 23.3 Å². The van der Waals surface area contributed by atoms with Crippen molar-refractivity contribution in [1.29, 1.82) is 0 Å². The molecule has 110 valence electrons. The van der Waals surface area contributed by atoms with Crippen molar-refractivity contribution in [3.05, 3.63) is 17.0 Å². The minimum Gasteiger partial charge on any atom is -0.395 e. The van der Waals surface area contributed by atoms with E-state index in [2.05, 4.69) is 17.0 Å². The number of hydrogen-bond acceptors (Lipinski definition) is 5. The minimum atomic E-state index is -1.49. The number of nitrogens with zero attached hydrogens (tertiary/aromatic N) is 1. The highest BCUT2D eigenvalue weighted by Crippen LogP contribution is 2.47. The highest BCUT2D eigenvalue weighted by atomic mass is 32.1. The summed E-state index contributed by atoms with van der Waals surface area (Å²) in [6, 6.07) is 7.21. The summed E-state index contributed by atoms with van der Waals surface area (Å²) in [7, 11) is 0.548. The van der Waals surface area contributed by atoms with E-state index in [0.717, 1.165) is 11.2 Å². The fourth-order valence-electron chi connectivity index (χ4n) is 3.56. The smallest absolute Gasteiger partial charge is 0.160 e. The van der Waals surface area contributed by atoms with Gasteiger partial charge in [-0.05, 0) is 34.6 Å². The van der Waals surface area contributed by atoms with Gasteiger partial charge in [0.05, 0.1) is 16.5 Å². The molecule has 0 aliphatic carbocycles. The molecule has 0 bridgehead atoms. The van der Waals surface area contributed by atoms with Crippen LogP contribution in [0.3, 0.4) is 0 Å². The summed E-state index contributed by atoms with van der Waals surface area (Å²) >= 11 is 3.50. The van der Waals surface area contributed by atoms with Gasteiger partial charge in [-0.15, -0.1) is 22.7 Å². The van der Waals surface area contributed by atoms with E-state index < -0.39 is 8.07 Å². The Bertz CT molecular complexity index is 717. The van der Waals surface area contributed by atoms with E-state index in [4.69, 9.17) is 5.11 Å². The molecule has 2 aliphatic rings. The third-order valence-corrected chi connectivity index (χ3v) is 12.9. The van der Waals surface area contributed by atoms with Gasteiger partial charge in [-0.2, -0.15) is 0 Å². The van der Waals surface area contributed by atoms with Crippen LogP contribution in [-0.4, -0.2) is 39.7 Å². The van der Waals surface area contributed by atoms with Crippen LogP contribution < -0.4 is 15.3 Å². The summed E-state index contributed by atoms with van der Waals surface area (Å²) in [5.74, 6) is 0. The van der Waals surface area contributed by atoms with Gasteiger partial charge in [0.2, 0.25) is 0 Å². The third kappa shape index (κ3) is 1.76. The minimum absolute atomic E-state index is 0.182. The van der Waals surface area contributed by atoms with Gasteiger partial charge >= 0.3 is 0 Å². The maximum Gasteiger partial charge on any atom is 0.160 e. The van der Waals surface area contributed by atoms with Gasteiger partial charge in [0.15, 0.2) is 6.29 Å². The first-order valence-corrected chi connectivity index (χ1v) is 11.3. The van der Waals surface area contributed by atoms with Crippen LogP contribution in [0.4, 0.5) is 5.00 Å². The molecule has 0 atom stereocenters. The van der Waals surface area contributed by atoms with Crippen LogP contribution in [0.2, 0.25) is 12.1 Å². The SMILES string of the molecule is CN(CCO)c1cc2c(s1)-c1sc(C=O)cc1[Si]21CCC1. The zero-order chi connectivity index (χ0) is 14.6. The summed E-state index contributed by atoms with van der Waals surface area (Å²) in [5, 5.41) is 13.5. The first-order valence-electron chi connectivity index (χ1n) is 7.26. The normalized spacial score (nSPS) is 17.4. The van der Waals surface area contributed by atoms with Gasteiger partial charge in [-0.3, -0.25) is 4.79 Å². The average molecular weight is 336 g/mol. The molecule has 1 spiro atoms. The van der Waals surface area contributed by atoms with E-state index in [0.29, 0.717) is 6.54 Å². The molecule has 0 saturated carbocycles. The predicted octanol–water partition coefficient (Wildman–Crippen LogP) is 2.00. The number of fused-ring (bicyclic) bond motifs is 5. The number of carbonyl (C=O) groups excluding carboxylic acids is 1. The number of anilines is 1. The average Bonchev–Trinajstić information content (AvgIpc) is 3.05. The molecule has 1 N–H and O–H groups in total. The number of aldehydes is 1. The molecular formula is C15H17NO2S2Si. The van der Waals surface area contributed by atoms with Gasteiger partial charge in [0.1, 0.15) is 8.07 Å². The summed E-state index contributed by atoms with van der Waals surface area (Å²) in [4.78, 5) is 16.9. The van der Waals surface area contributed by atoms with Crippen LogP contribution in [0, 0.1) is 0 Å². The number of thiophene rings is 2. The second-order valence-electron chi connectivity index (χ2n) is 5.92. The number of likely N-dealkylation sites (N-methyl/N-ethyl adjacent to an activating group) is 1. The van der Waals surface area contributed by atoms with Crippen molar-refractivity contribution in [2.45, 2.75) is 18.5 Å². The third-order valence-electron chi connectivity index (χ3n) is 4.84. The molecule has 0 amide bonds. The Balaban J connectivity index is 1.85. The molecule has 0 radical (unpaired) electrons. The molecule has 4 heterocycles. The highest BCUT2D eigenvalue weighted by molar-refractivity contribution is 7.31. The van der Waals surface area contributed by atoms with Crippen molar-refractivity contribution in [1.82, 2.24) is 0 Å². The van der Waals surface area contributed by atoms with Crippen LogP contribution >= 0.6 is 22.7 Å². The maximum atomic E-state index is 11.1. The molecule has 0 unspecified atom stereocenters. The quantitative estimate of drug-likeness (QED) is 0.686. The molecule has 4 rings (SSSR count). The van der Waals surface area contributed by atoms with Crippen LogP contribution in [0.1, 0.15) is 16.1 Å². The van der Waals surface area contributed by atoms with Crippen LogP contribution in [0.15, 0.2) is 12.1 Å². The lowest BCUT2D eigenvalue weighted by atomic mass is 10.4. The second-order valence-corrected chi connectivity index (χ2v) is 12.3. The van der Waals surface area contributed by atoms with Gasteiger partial charge in [-0.1, -0.05) is 6.42 Å². The Morgan fingerprint density at radius 1 is 1.29 bits per heavy atom. The lowest BCUT2D eigenvalue weighted by Gasteiger charge is -2.37. The highest BCUT2D eigenvalue weighted by Gasteiger charge is 2.52. The largest absolute Gasteiger partial charge is 0.395 e. The first kappa shape index (κ1) is 13.7. The number of rotatable bonds is 4. The first-order chi connectivity index (χ1) is 10.2. The van der Waals surface area contributed by atoms with E-state index in [1.54, 1.807) is 16.5 Å². The summed E-state index contributed by atoms with van der Waals surface area (Å²) in [6.07, 6.45) is 2.32. The molecule has 6 heteroatoms. The molecule has 2 aromatic heterocycles. The molecular weight excluding hydrogens is 318 g/mol. The zero-order valence-corrected chi connectivity index (χ0v) is 14.5. The zero-order valence-electron chi connectivity index (χ0n) is 11.9. The molecule has 3 nitrogen and oxygen atoms in total. The molecule has 1 fully saturated rings. The molecule has 2 aliphatic heterocycles. The van der Waals surface area contributed by atoms with E-state index in [-0.39, 0.29) is 6.61 Å². The Morgan fingerprint density at radius 3 is 2.62 bits per heavy atom. The summed E-state index contributed by atoms with van der Waals surface area (Å²) in [5.41, 5.74) is 0. The number of aliphatic hydroxyl groups excluding tert-OH is 1. The van der Waals surface area contributed by atoms with Crippen molar-refractivity contribution in [2.75, 3.05) is 25.1 Å². The van der Waals surface area contributed by atoms with Crippen molar-refractivity contribution in [2.24, 2.45) is 0 Å². The lowest BCUT2D eigenvalue weighted by Crippen LogP contribution is -2.59. The van der Waals surface area contributed by atoms with Gasteiger partial charge in [-0.25, -0.2) is 0 Å². The summed E-state index contributed by atoms with van der Waals surface area (Å²) in [6.45, 7) is 0.853. The monoisotopic (exact) mass is 335 g/mol. The van der Waals surface area contributed by atoms with Gasteiger partial charge in [0.25, 0.3) is 0 Å².